The maximum Gasteiger partial charge on any atom is 0.407 e. The summed E-state index contributed by atoms with van der Waals surface area (Å²) >= 11 is -2.28. The first kappa shape index (κ1) is 27.3. The number of nitrogens with one attached hydrogen (secondary N) is 1. The Kier molecular flexibility index (Phi) is 10.3. The SMILES string of the molecule is CC(C)CN(CC(O)C(Cc1ccc(OCC#N)cc1)NC(=O)OC1COC2OCCC12)S(=O)O. The second-order valence-corrected chi connectivity index (χ2v) is 10.0. The number of ether oxygens (including phenoxy) is 4. The van der Waals surface area contributed by atoms with E-state index in [0.29, 0.717) is 18.9 Å². The summed E-state index contributed by atoms with van der Waals surface area (Å²) in [7, 11) is 0. The number of nitrogens with zero attached hydrogens (tertiary/aromatic N) is 2. The van der Waals surface area contributed by atoms with Crippen LogP contribution in [0.2, 0.25) is 0 Å². The van der Waals surface area contributed by atoms with Crippen LogP contribution in [0, 0.1) is 23.2 Å². The molecule has 0 aliphatic carbocycles. The summed E-state index contributed by atoms with van der Waals surface area (Å²) in [6.45, 7) is 4.70. The molecule has 2 saturated heterocycles. The van der Waals surface area contributed by atoms with E-state index in [4.69, 9.17) is 24.2 Å². The van der Waals surface area contributed by atoms with E-state index in [1.165, 1.54) is 4.31 Å². The molecule has 1 amide bonds. The quantitative estimate of drug-likeness (QED) is 0.354. The van der Waals surface area contributed by atoms with Gasteiger partial charge in [0.25, 0.3) is 0 Å². The Balaban J connectivity index is 1.68. The number of benzene rings is 1. The van der Waals surface area contributed by atoms with E-state index < -0.39 is 35.6 Å². The number of hydrogen-bond acceptors (Lipinski definition) is 8. The van der Waals surface area contributed by atoms with Crippen LogP contribution in [0.15, 0.2) is 24.3 Å². The molecular formula is C23H33N3O8S. The van der Waals surface area contributed by atoms with Crippen molar-refractivity contribution >= 4 is 17.4 Å². The number of rotatable bonds is 12. The Morgan fingerprint density at radius 1 is 1.31 bits per heavy atom. The molecule has 12 heteroatoms. The number of carbonyl (C=O) groups excluding carboxylic acids is 1. The van der Waals surface area contributed by atoms with Crippen LogP contribution < -0.4 is 10.1 Å². The topological polar surface area (TPSA) is 151 Å². The molecule has 2 aliphatic rings. The third-order valence-electron chi connectivity index (χ3n) is 5.87. The Labute approximate surface area is 207 Å². The zero-order valence-corrected chi connectivity index (χ0v) is 20.7. The smallest absolute Gasteiger partial charge is 0.407 e. The number of amides is 1. The van der Waals surface area contributed by atoms with Gasteiger partial charge in [0.1, 0.15) is 17.9 Å². The standard InChI is InChI=1S/C23H33N3O8S/c1-15(2)12-26(35(29)30)13-20(27)19(11-16-3-5-17(6-4-16)31-10-8-24)25-23(28)34-21-14-33-22-18(21)7-9-32-22/h3-6,15,18-22,27H,7,9-14H2,1-2H3,(H,25,28)(H,29,30). The highest BCUT2D eigenvalue weighted by Gasteiger charge is 2.44. The third kappa shape index (κ3) is 8.13. The van der Waals surface area contributed by atoms with Gasteiger partial charge in [0.15, 0.2) is 12.9 Å². The van der Waals surface area contributed by atoms with E-state index in [-0.39, 0.29) is 44.3 Å². The van der Waals surface area contributed by atoms with Crippen molar-refractivity contribution in [3.05, 3.63) is 29.8 Å². The maximum absolute atomic E-state index is 12.7. The summed E-state index contributed by atoms with van der Waals surface area (Å²) in [4.78, 5) is 12.7. The minimum absolute atomic E-state index is 0.0246. The zero-order chi connectivity index (χ0) is 25.4. The van der Waals surface area contributed by atoms with Crippen LogP contribution in [0.4, 0.5) is 4.79 Å². The largest absolute Gasteiger partial charge is 0.479 e. The van der Waals surface area contributed by atoms with Crippen LogP contribution in [-0.2, 0) is 31.9 Å². The molecule has 11 nitrogen and oxygen atoms in total. The van der Waals surface area contributed by atoms with Crippen molar-refractivity contribution < 1.29 is 37.6 Å². The van der Waals surface area contributed by atoms with Crippen LogP contribution in [0.5, 0.6) is 5.75 Å². The second-order valence-electron chi connectivity index (χ2n) is 9.05. The van der Waals surface area contributed by atoms with Crippen molar-refractivity contribution in [3.8, 4) is 11.8 Å². The van der Waals surface area contributed by atoms with E-state index >= 15 is 0 Å². The van der Waals surface area contributed by atoms with Crippen LogP contribution in [0.25, 0.3) is 0 Å². The molecule has 0 radical (unpaired) electrons. The van der Waals surface area contributed by atoms with Crippen molar-refractivity contribution in [2.75, 3.05) is 32.9 Å². The van der Waals surface area contributed by atoms with Crippen molar-refractivity contribution in [3.63, 3.8) is 0 Å². The van der Waals surface area contributed by atoms with Crippen molar-refractivity contribution in [2.45, 2.75) is 51.2 Å². The summed E-state index contributed by atoms with van der Waals surface area (Å²) in [6, 6.07) is 8.01. The predicted octanol–water partition coefficient (Wildman–Crippen LogP) is 1.44. The van der Waals surface area contributed by atoms with Crippen LogP contribution in [0.3, 0.4) is 0 Å². The van der Waals surface area contributed by atoms with E-state index in [9.17, 15) is 18.7 Å². The molecule has 35 heavy (non-hydrogen) atoms. The van der Waals surface area contributed by atoms with Gasteiger partial charge in [-0.25, -0.2) is 9.00 Å². The summed E-state index contributed by atoms with van der Waals surface area (Å²) in [5.74, 6) is 0.594. The number of nitriles is 1. The highest BCUT2D eigenvalue weighted by atomic mass is 32.2. The fraction of sp³-hybridized carbons (Fsp3) is 0.652. The molecule has 6 atom stereocenters. The number of aliphatic hydroxyl groups is 1. The Hall–Kier alpha value is -2.27. The molecule has 2 aliphatic heterocycles. The fourth-order valence-electron chi connectivity index (χ4n) is 4.19. The lowest BCUT2D eigenvalue weighted by molar-refractivity contribution is -0.0907. The van der Waals surface area contributed by atoms with Crippen LogP contribution in [-0.4, -0.2) is 81.7 Å². The first-order valence-electron chi connectivity index (χ1n) is 11.6. The lowest BCUT2D eigenvalue weighted by Gasteiger charge is -2.29. The van der Waals surface area contributed by atoms with Crippen LogP contribution >= 0.6 is 0 Å². The summed E-state index contributed by atoms with van der Waals surface area (Å²) < 4.78 is 44.5. The Morgan fingerprint density at radius 2 is 2.06 bits per heavy atom. The van der Waals surface area contributed by atoms with Crippen molar-refractivity contribution in [1.82, 2.24) is 9.62 Å². The molecule has 3 rings (SSSR count). The van der Waals surface area contributed by atoms with Gasteiger partial charge in [-0.2, -0.15) is 9.57 Å². The molecule has 0 bridgehead atoms. The van der Waals surface area contributed by atoms with Gasteiger partial charge in [-0.1, -0.05) is 26.0 Å². The summed E-state index contributed by atoms with van der Waals surface area (Å²) in [6.07, 6.45) is -1.70. The monoisotopic (exact) mass is 511 g/mol. The molecule has 0 saturated carbocycles. The van der Waals surface area contributed by atoms with Gasteiger partial charge in [-0.15, -0.1) is 0 Å². The van der Waals surface area contributed by atoms with Gasteiger partial charge in [-0.3, -0.25) is 4.55 Å². The normalized spacial score (nSPS) is 24.0. The second kappa shape index (κ2) is 13.2. The van der Waals surface area contributed by atoms with Gasteiger partial charge >= 0.3 is 6.09 Å². The fourth-order valence-corrected chi connectivity index (χ4v) is 4.90. The van der Waals surface area contributed by atoms with Crippen LogP contribution in [0.1, 0.15) is 25.8 Å². The highest BCUT2D eigenvalue weighted by Crippen LogP contribution is 2.33. The Bertz CT molecular complexity index is 894. The lowest BCUT2D eigenvalue weighted by atomic mass is 10.0. The minimum atomic E-state index is -2.28. The summed E-state index contributed by atoms with van der Waals surface area (Å²) in [5, 5.41) is 22.4. The average Bonchev–Trinajstić information content (AvgIpc) is 3.42. The predicted molar refractivity (Wildman–Crippen MR) is 125 cm³/mol. The van der Waals surface area contributed by atoms with Crippen molar-refractivity contribution in [1.29, 1.82) is 5.26 Å². The van der Waals surface area contributed by atoms with Gasteiger partial charge in [-0.05, 0) is 36.5 Å². The molecule has 2 fully saturated rings. The zero-order valence-electron chi connectivity index (χ0n) is 19.9. The number of hydrogen-bond donors (Lipinski definition) is 3. The van der Waals surface area contributed by atoms with E-state index in [1.807, 2.05) is 19.9 Å². The van der Waals surface area contributed by atoms with Crippen molar-refractivity contribution in [2.24, 2.45) is 11.8 Å². The lowest BCUT2D eigenvalue weighted by Crippen LogP contribution is -2.51. The molecule has 0 aromatic heterocycles. The number of carbonyl (C=O) groups is 1. The Morgan fingerprint density at radius 3 is 2.71 bits per heavy atom. The van der Waals surface area contributed by atoms with E-state index in [1.54, 1.807) is 24.3 Å². The van der Waals surface area contributed by atoms with Gasteiger partial charge in [0.05, 0.1) is 31.3 Å². The molecule has 1 aromatic carbocycles. The molecular weight excluding hydrogens is 478 g/mol. The average molecular weight is 512 g/mol. The van der Waals surface area contributed by atoms with E-state index in [2.05, 4.69) is 5.32 Å². The first-order chi connectivity index (χ1) is 16.8. The molecule has 0 spiro atoms. The molecule has 2 heterocycles. The third-order valence-corrected chi connectivity index (χ3v) is 6.61. The number of fused-ring (bicyclic) bond motifs is 1. The number of aliphatic hydroxyl groups excluding tert-OH is 1. The van der Waals surface area contributed by atoms with Gasteiger partial charge in [0.2, 0.25) is 11.3 Å². The van der Waals surface area contributed by atoms with Gasteiger partial charge < -0.3 is 29.4 Å². The molecule has 194 valence electrons. The highest BCUT2D eigenvalue weighted by molar-refractivity contribution is 7.76. The molecule has 1 aromatic rings. The maximum atomic E-state index is 12.7. The molecule has 3 N–H and O–H groups in total. The number of alkyl carbamates (subject to hydrolysis) is 1. The molecule has 6 unspecified atom stereocenters. The van der Waals surface area contributed by atoms with Gasteiger partial charge in [0, 0.05) is 13.1 Å². The van der Waals surface area contributed by atoms with E-state index in [0.717, 1.165) is 12.0 Å². The summed E-state index contributed by atoms with van der Waals surface area (Å²) in [5.41, 5.74) is 0.785. The first-order valence-corrected chi connectivity index (χ1v) is 12.7. The minimum Gasteiger partial charge on any atom is -0.479 e.